The summed E-state index contributed by atoms with van der Waals surface area (Å²) < 4.78 is 33.5. The van der Waals surface area contributed by atoms with Crippen molar-refractivity contribution in [2.24, 2.45) is 5.41 Å². The zero-order valence-electron chi connectivity index (χ0n) is 17.9. The van der Waals surface area contributed by atoms with E-state index in [4.69, 9.17) is 4.74 Å². The molecule has 0 aromatic heterocycles. The maximum absolute atomic E-state index is 13.1. The van der Waals surface area contributed by atoms with Crippen LogP contribution in [-0.2, 0) is 31.7 Å². The van der Waals surface area contributed by atoms with Gasteiger partial charge in [-0.2, -0.15) is 0 Å². The Balaban J connectivity index is 1.43. The smallest absolute Gasteiger partial charge is 0.224 e. The third-order valence-corrected chi connectivity index (χ3v) is 8.23. The van der Waals surface area contributed by atoms with Gasteiger partial charge in [-0.3, -0.25) is 4.79 Å². The molecule has 0 bridgehead atoms. The fourth-order valence-corrected chi connectivity index (χ4v) is 6.24. The fourth-order valence-electron chi connectivity index (χ4n) is 4.62. The lowest BCUT2D eigenvalue weighted by Crippen LogP contribution is -2.55. The summed E-state index contributed by atoms with van der Waals surface area (Å²) in [6.45, 7) is 3.88. The van der Waals surface area contributed by atoms with Crippen molar-refractivity contribution in [1.82, 2.24) is 9.62 Å². The monoisotopic (exact) mass is 442 g/mol. The molecule has 0 radical (unpaired) electrons. The van der Waals surface area contributed by atoms with E-state index < -0.39 is 10.0 Å². The predicted octanol–water partition coefficient (Wildman–Crippen LogP) is 2.66. The molecule has 0 aliphatic carbocycles. The summed E-state index contributed by atoms with van der Waals surface area (Å²) in [6, 6.07) is 17.2. The van der Waals surface area contributed by atoms with Crippen molar-refractivity contribution in [3.05, 3.63) is 71.3 Å². The number of amides is 1. The highest BCUT2D eigenvalue weighted by atomic mass is 32.2. The van der Waals surface area contributed by atoms with Gasteiger partial charge in [0.2, 0.25) is 15.9 Å². The number of carbonyl (C=O) groups is 1. The second kappa shape index (κ2) is 9.10. The van der Waals surface area contributed by atoms with Crippen LogP contribution in [0.15, 0.2) is 54.6 Å². The lowest BCUT2D eigenvalue weighted by molar-refractivity contribution is -0.124. The number of ether oxygens (including phenoxy) is 1. The van der Waals surface area contributed by atoms with Gasteiger partial charge in [0.1, 0.15) is 0 Å². The largest absolute Gasteiger partial charge is 0.381 e. The van der Waals surface area contributed by atoms with Crippen molar-refractivity contribution < 1.29 is 17.9 Å². The molecule has 2 aromatic carbocycles. The second-order valence-electron chi connectivity index (χ2n) is 8.81. The zero-order chi connectivity index (χ0) is 21.9. The molecule has 2 saturated heterocycles. The van der Waals surface area contributed by atoms with Gasteiger partial charge >= 0.3 is 0 Å². The van der Waals surface area contributed by atoms with Crippen molar-refractivity contribution in [2.75, 3.05) is 26.3 Å². The van der Waals surface area contributed by atoms with Crippen LogP contribution in [-0.4, -0.2) is 51.0 Å². The summed E-state index contributed by atoms with van der Waals surface area (Å²) in [6.07, 6.45) is 1.71. The molecule has 1 amide bonds. The molecule has 2 unspecified atom stereocenters. The Bertz CT molecular complexity index is 1010. The first-order valence-corrected chi connectivity index (χ1v) is 12.4. The van der Waals surface area contributed by atoms with E-state index in [2.05, 4.69) is 5.32 Å². The predicted molar refractivity (Wildman–Crippen MR) is 120 cm³/mol. The van der Waals surface area contributed by atoms with Crippen molar-refractivity contribution >= 4 is 15.9 Å². The van der Waals surface area contributed by atoms with Gasteiger partial charge in [-0.15, -0.1) is 0 Å². The Hall–Kier alpha value is -2.22. The molecule has 2 atom stereocenters. The van der Waals surface area contributed by atoms with Gasteiger partial charge in [0, 0.05) is 31.2 Å². The zero-order valence-corrected chi connectivity index (χ0v) is 18.7. The molecule has 2 aromatic rings. The van der Waals surface area contributed by atoms with E-state index >= 15 is 0 Å². The molecular weight excluding hydrogens is 412 g/mol. The molecule has 4 rings (SSSR count). The molecule has 2 aliphatic rings. The molecule has 2 fully saturated rings. The van der Waals surface area contributed by atoms with E-state index in [1.165, 1.54) is 0 Å². The SMILES string of the molecule is Cc1ccc(CS(=O)(=O)N2CCC3(COCCC3NC(=O)Cc3ccccc3)C2)cc1. The number of sulfonamides is 1. The van der Waals surface area contributed by atoms with E-state index in [1.807, 2.05) is 61.5 Å². The minimum Gasteiger partial charge on any atom is -0.381 e. The highest BCUT2D eigenvalue weighted by Gasteiger charge is 2.49. The third kappa shape index (κ3) is 5.17. The van der Waals surface area contributed by atoms with Crippen LogP contribution < -0.4 is 5.32 Å². The summed E-state index contributed by atoms with van der Waals surface area (Å²) in [7, 11) is -3.44. The molecule has 2 aliphatic heterocycles. The van der Waals surface area contributed by atoms with Crippen LogP contribution in [0.3, 0.4) is 0 Å². The number of nitrogens with zero attached hydrogens (tertiary/aromatic N) is 1. The normalized spacial score (nSPS) is 24.4. The number of nitrogens with one attached hydrogen (secondary N) is 1. The minimum atomic E-state index is -3.44. The van der Waals surface area contributed by atoms with Crippen LogP contribution in [0.5, 0.6) is 0 Å². The second-order valence-corrected chi connectivity index (χ2v) is 10.8. The molecule has 166 valence electrons. The summed E-state index contributed by atoms with van der Waals surface area (Å²) in [5, 5.41) is 3.19. The Morgan fingerprint density at radius 1 is 1.13 bits per heavy atom. The number of aryl methyl sites for hydroxylation is 1. The van der Waals surface area contributed by atoms with Gasteiger partial charge < -0.3 is 10.1 Å². The molecule has 0 saturated carbocycles. The lowest BCUT2D eigenvalue weighted by Gasteiger charge is -2.41. The van der Waals surface area contributed by atoms with Crippen LogP contribution in [0, 0.1) is 12.3 Å². The quantitative estimate of drug-likeness (QED) is 0.746. The Labute approximate surface area is 184 Å². The number of rotatable bonds is 6. The van der Waals surface area contributed by atoms with E-state index in [0.717, 1.165) is 16.7 Å². The fraction of sp³-hybridized carbons (Fsp3) is 0.458. The maximum Gasteiger partial charge on any atom is 0.224 e. The highest BCUT2D eigenvalue weighted by Crippen LogP contribution is 2.40. The average Bonchev–Trinajstić information content (AvgIpc) is 3.18. The molecule has 6 nitrogen and oxygen atoms in total. The molecule has 1 spiro atoms. The maximum atomic E-state index is 13.1. The Morgan fingerprint density at radius 2 is 1.87 bits per heavy atom. The number of hydrogen-bond donors (Lipinski definition) is 1. The molecule has 31 heavy (non-hydrogen) atoms. The Kier molecular flexibility index (Phi) is 6.46. The number of carbonyl (C=O) groups excluding carboxylic acids is 1. The summed E-state index contributed by atoms with van der Waals surface area (Å²) in [5.74, 6) is -0.0339. The van der Waals surface area contributed by atoms with E-state index in [9.17, 15) is 13.2 Å². The first-order valence-electron chi connectivity index (χ1n) is 10.8. The van der Waals surface area contributed by atoms with Gasteiger partial charge in [-0.1, -0.05) is 60.2 Å². The first-order chi connectivity index (χ1) is 14.9. The van der Waals surface area contributed by atoms with Crippen molar-refractivity contribution in [2.45, 2.75) is 38.0 Å². The third-order valence-electron chi connectivity index (χ3n) is 6.44. The van der Waals surface area contributed by atoms with Crippen molar-refractivity contribution in [3.8, 4) is 0 Å². The van der Waals surface area contributed by atoms with Crippen LogP contribution >= 0.6 is 0 Å². The standard InChI is InChI=1S/C24H30N2O4S/c1-19-7-9-21(10-8-19)16-31(28,29)26-13-12-24(17-26)18-30-14-11-22(24)25-23(27)15-20-5-3-2-4-6-20/h2-10,22H,11-18H2,1H3,(H,25,27). The van der Waals surface area contributed by atoms with Crippen molar-refractivity contribution in [3.63, 3.8) is 0 Å². The van der Waals surface area contributed by atoms with Gasteiger partial charge in [-0.25, -0.2) is 12.7 Å². The van der Waals surface area contributed by atoms with Gasteiger partial charge in [0.25, 0.3) is 0 Å². The highest BCUT2D eigenvalue weighted by molar-refractivity contribution is 7.88. The van der Waals surface area contributed by atoms with E-state index in [1.54, 1.807) is 4.31 Å². The summed E-state index contributed by atoms with van der Waals surface area (Å²) in [4.78, 5) is 12.7. The van der Waals surface area contributed by atoms with Gasteiger partial charge in [0.15, 0.2) is 0 Å². The summed E-state index contributed by atoms with van der Waals surface area (Å²) >= 11 is 0. The molecule has 7 heteroatoms. The lowest BCUT2D eigenvalue weighted by atomic mass is 9.77. The van der Waals surface area contributed by atoms with Gasteiger partial charge in [-0.05, 0) is 30.9 Å². The van der Waals surface area contributed by atoms with Crippen LogP contribution in [0.4, 0.5) is 0 Å². The average molecular weight is 443 g/mol. The van der Waals surface area contributed by atoms with Crippen molar-refractivity contribution in [1.29, 1.82) is 0 Å². The van der Waals surface area contributed by atoms with E-state index in [0.29, 0.717) is 45.6 Å². The summed E-state index contributed by atoms with van der Waals surface area (Å²) in [5.41, 5.74) is 2.49. The molecular formula is C24H30N2O4S. The van der Waals surface area contributed by atoms with Crippen LogP contribution in [0.2, 0.25) is 0 Å². The Morgan fingerprint density at radius 3 is 2.61 bits per heavy atom. The molecule has 2 heterocycles. The van der Waals surface area contributed by atoms with E-state index in [-0.39, 0.29) is 23.1 Å². The first kappa shape index (κ1) is 22.0. The van der Waals surface area contributed by atoms with Gasteiger partial charge in [0.05, 0.1) is 18.8 Å². The topological polar surface area (TPSA) is 75.7 Å². The minimum absolute atomic E-state index is 0.00471. The van der Waals surface area contributed by atoms with Crippen LogP contribution in [0.1, 0.15) is 29.5 Å². The number of hydrogen-bond acceptors (Lipinski definition) is 4. The number of benzene rings is 2. The van der Waals surface area contributed by atoms with Crippen LogP contribution in [0.25, 0.3) is 0 Å². The molecule has 1 N–H and O–H groups in total.